The highest BCUT2D eigenvalue weighted by Crippen LogP contribution is 2.44. The number of ether oxygens (including phenoxy) is 3. The molecule has 0 spiro atoms. The molecule has 0 saturated heterocycles. The Morgan fingerprint density at radius 2 is 1.91 bits per heavy atom. The minimum atomic E-state index is -0.686. The van der Waals surface area contributed by atoms with E-state index in [9.17, 15) is 20.2 Å². The van der Waals surface area contributed by atoms with Crippen LogP contribution in [-0.4, -0.2) is 17.5 Å². The van der Waals surface area contributed by atoms with Crippen LogP contribution in [0.4, 0.5) is 5.69 Å². The van der Waals surface area contributed by atoms with E-state index in [-0.39, 0.29) is 28.5 Å². The molecule has 0 bridgehead atoms. The molecular formula is C26H21N3O6. The first-order chi connectivity index (χ1) is 16.9. The van der Waals surface area contributed by atoms with Crippen molar-refractivity contribution < 1.29 is 23.9 Å². The Morgan fingerprint density at radius 1 is 1.14 bits per heavy atom. The molecule has 2 N–H and O–H groups in total. The number of non-ortho nitro benzene ring substituents is 1. The Bertz CT molecular complexity index is 1360. The summed E-state index contributed by atoms with van der Waals surface area (Å²) >= 11 is 0. The van der Waals surface area contributed by atoms with Crippen LogP contribution in [0.2, 0.25) is 0 Å². The van der Waals surface area contributed by atoms with Crippen molar-refractivity contribution >= 4 is 11.7 Å². The van der Waals surface area contributed by atoms with Gasteiger partial charge in [-0.1, -0.05) is 25.1 Å². The van der Waals surface area contributed by atoms with Gasteiger partial charge in [-0.15, -0.1) is 0 Å². The third kappa shape index (κ3) is 4.91. The van der Waals surface area contributed by atoms with Crippen LogP contribution < -0.4 is 19.9 Å². The molecule has 9 nitrogen and oxygen atoms in total. The predicted octanol–water partition coefficient (Wildman–Crippen LogP) is 4.82. The lowest BCUT2D eigenvalue weighted by molar-refractivity contribution is -0.384. The van der Waals surface area contributed by atoms with E-state index < -0.39 is 16.8 Å². The van der Waals surface area contributed by atoms with Crippen LogP contribution in [0.1, 0.15) is 40.7 Å². The number of benzene rings is 3. The van der Waals surface area contributed by atoms with Crippen LogP contribution in [0.15, 0.2) is 78.2 Å². The molecule has 9 heteroatoms. The van der Waals surface area contributed by atoms with Crippen molar-refractivity contribution in [1.29, 1.82) is 5.26 Å². The first-order valence-corrected chi connectivity index (χ1v) is 10.8. The number of hydrogen-bond donors (Lipinski definition) is 1. The lowest BCUT2D eigenvalue weighted by Crippen LogP contribution is -2.21. The maximum absolute atomic E-state index is 12.5. The van der Waals surface area contributed by atoms with Gasteiger partial charge >= 0.3 is 5.97 Å². The van der Waals surface area contributed by atoms with Gasteiger partial charge in [-0.3, -0.25) is 10.1 Å². The molecule has 0 amide bonds. The third-order valence-corrected chi connectivity index (χ3v) is 5.38. The molecule has 0 saturated carbocycles. The fourth-order valence-electron chi connectivity index (χ4n) is 3.73. The minimum Gasteiger partial charge on any atom is -0.494 e. The van der Waals surface area contributed by atoms with Crippen LogP contribution in [0.3, 0.4) is 0 Å². The molecule has 3 aromatic carbocycles. The molecule has 4 rings (SSSR count). The van der Waals surface area contributed by atoms with Crippen molar-refractivity contribution in [1.82, 2.24) is 0 Å². The zero-order valence-electron chi connectivity index (χ0n) is 18.8. The van der Waals surface area contributed by atoms with Crippen molar-refractivity contribution in [3.63, 3.8) is 0 Å². The zero-order valence-corrected chi connectivity index (χ0v) is 18.8. The van der Waals surface area contributed by atoms with E-state index in [4.69, 9.17) is 19.9 Å². The molecule has 0 aromatic heterocycles. The van der Waals surface area contributed by atoms with Crippen LogP contribution in [0, 0.1) is 21.4 Å². The normalized spacial score (nSPS) is 14.3. The number of allylic oxidation sites excluding steroid dienone is 1. The van der Waals surface area contributed by atoms with E-state index in [1.165, 1.54) is 30.3 Å². The Morgan fingerprint density at radius 3 is 2.60 bits per heavy atom. The number of nitriles is 1. The minimum absolute atomic E-state index is 0.0382. The predicted molar refractivity (Wildman–Crippen MR) is 126 cm³/mol. The number of hydrogen-bond acceptors (Lipinski definition) is 8. The largest absolute Gasteiger partial charge is 0.494 e. The van der Waals surface area contributed by atoms with Gasteiger partial charge in [-0.05, 0) is 42.3 Å². The monoisotopic (exact) mass is 471 g/mol. The van der Waals surface area contributed by atoms with Crippen molar-refractivity contribution in [2.24, 2.45) is 5.73 Å². The number of carbonyl (C=O) groups is 1. The lowest BCUT2D eigenvalue weighted by Gasteiger charge is -2.27. The fraction of sp³-hybridized carbons (Fsp3) is 0.154. The second-order valence-electron chi connectivity index (χ2n) is 7.74. The number of esters is 1. The molecule has 1 aliphatic rings. The lowest BCUT2D eigenvalue weighted by atomic mass is 9.83. The number of nitro groups is 1. The molecule has 1 atom stereocenters. The van der Waals surface area contributed by atoms with Crippen molar-refractivity contribution in [2.75, 3.05) is 6.61 Å². The van der Waals surface area contributed by atoms with Gasteiger partial charge in [-0.25, -0.2) is 4.79 Å². The molecule has 1 aliphatic heterocycles. The highest BCUT2D eigenvalue weighted by Gasteiger charge is 2.31. The summed E-state index contributed by atoms with van der Waals surface area (Å²) < 4.78 is 16.9. The average molecular weight is 471 g/mol. The van der Waals surface area contributed by atoms with Crippen LogP contribution in [0.5, 0.6) is 17.2 Å². The molecule has 35 heavy (non-hydrogen) atoms. The van der Waals surface area contributed by atoms with Gasteiger partial charge in [-0.2, -0.15) is 5.26 Å². The molecule has 0 fully saturated rings. The van der Waals surface area contributed by atoms with Crippen LogP contribution in [-0.2, 0) is 0 Å². The fourth-order valence-corrected chi connectivity index (χ4v) is 3.73. The third-order valence-electron chi connectivity index (χ3n) is 5.38. The van der Waals surface area contributed by atoms with E-state index in [0.717, 1.165) is 12.0 Å². The molecule has 0 aliphatic carbocycles. The van der Waals surface area contributed by atoms with Gasteiger partial charge in [0.25, 0.3) is 5.69 Å². The topological polar surface area (TPSA) is 138 Å². The molecular weight excluding hydrogens is 450 g/mol. The van der Waals surface area contributed by atoms with Gasteiger partial charge in [0.05, 0.1) is 23.0 Å². The number of fused-ring (bicyclic) bond motifs is 1. The summed E-state index contributed by atoms with van der Waals surface area (Å²) in [5.74, 6) is 0.00709. The highest BCUT2D eigenvalue weighted by molar-refractivity contribution is 5.91. The van der Waals surface area contributed by atoms with Crippen molar-refractivity contribution in [2.45, 2.75) is 19.3 Å². The van der Waals surface area contributed by atoms with Gasteiger partial charge in [0.1, 0.15) is 28.9 Å². The Kier molecular flexibility index (Phi) is 6.64. The van der Waals surface area contributed by atoms with E-state index in [2.05, 4.69) is 6.07 Å². The number of nitro benzene ring substituents is 1. The molecule has 1 heterocycles. The maximum Gasteiger partial charge on any atom is 0.343 e. The second kappa shape index (κ2) is 9.97. The quantitative estimate of drug-likeness (QED) is 0.224. The molecule has 1 unspecified atom stereocenters. The Hall–Kier alpha value is -4.84. The zero-order chi connectivity index (χ0) is 24.9. The molecule has 3 aromatic rings. The number of nitrogens with two attached hydrogens (primary N) is 1. The van der Waals surface area contributed by atoms with Gasteiger partial charge in [0, 0.05) is 23.8 Å². The van der Waals surface area contributed by atoms with Crippen molar-refractivity contribution in [3.8, 4) is 23.3 Å². The van der Waals surface area contributed by atoms with Crippen LogP contribution in [0.25, 0.3) is 0 Å². The number of rotatable bonds is 7. The average Bonchev–Trinajstić information content (AvgIpc) is 2.86. The maximum atomic E-state index is 12.5. The summed E-state index contributed by atoms with van der Waals surface area (Å²) in [5.41, 5.74) is 7.84. The van der Waals surface area contributed by atoms with E-state index in [0.29, 0.717) is 23.7 Å². The summed E-state index contributed by atoms with van der Waals surface area (Å²) in [6.45, 7) is 2.59. The standard InChI is InChI=1S/C26H21N3O6/c1-2-12-33-19-5-3-4-17(13-19)24-21-11-10-20(14-23(21)35-25(28)22(24)15-27)34-26(30)16-6-8-18(9-7-16)29(31)32/h3-11,13-14,24H,2,12,28H2,1H3. The van der Waals surface area contributed by atoms with Crippen LogP contribution >= 0.6 is 0 Å². The summed E-state index contributed by atoms with van der Waals surface area (Å²) in [4.78, 5) is 22.8. The summed E-state index contributed by atoms with van der Waals surface area (Å²) in [5, 5.41) is 20.6. The second-order valence-corrected chi connectivity index (χ2v) is 7.74. The molecule has 0 radical (unpaired) electrons. The summed E-state index contributed by atoms with van der Waals surface area (Å²) in [7, 11) is 0. The Balaban J connectivity index is 1.63. The SMILES string of the molecule is CCCOc1cccc(C2C(C#N)=C(N)Oc3cc(OC(=O)c4ccc([N+](=O)[O-])cc4)ccc32)c1. The number of nitrogens with zero attached hydrogens (tertiary/aromatic N) is 2. The van der Waals surface area contributed by atoms with Gasteiger partial charge in [0.15, 0.2) is 0 Å². The first kappa shape index (κ1) is 23.3. The van der Waals surface area contributed by atoms with Crippen molar-refractivity contribution in [3.05, 3.63) is 105 Å². The first-order valence-electron chi connectivity index (χ1n) is 10.8. The van der Waals surface area contributed by atoms with E-state index >= 15 is 0 Å². The smallest absolute Gasteiger partial charge is 0.343 e. The highest BCUT2D eigenvalue weighted by atomic mass is 16.6. The summed E-state index contributed by atoms with van der Waals surface area (Å²) in [6, 6.07) is 19.5. The van der Waals surface area contributed by atoms with E-state index in [1.807, 2.05) is 31.2 Å². The van der Waals surface area contributed by atoms with Gasteiger partial charge in [0.2, 0.25) is 5.88 Å². The molecule has 176 valence electrons. The van der Waals surface area contributed by atoms with Gasteiger partial charge < -0.3 is 19.9 Å². The number of carbonyl (C=O) groups excluding carboxylic acids is 1. The van der Waals surface area contributed by atoms with E-state index in [1.54, 1.807) is 12.1 Å². The summed E-state index contributed by atoms with van der Waals surface area (Å²) in [6.07, 6.45) is 0.863. The Labute approximate surface area is 201 Å².